The van der Waals surface area contributed by atoms with Gasteiger partial charge in [-0.05, 0) is 0 Å². The van der Waals surface area contributed by atoms with Crippen LogP contribution in [0.3, 0.4) is 0 Å². The minimum Gasteiger partial charge on any atom is -0.394 e. The second-order valence-corrected chi connectivity index (χ2v) is 5.63. The van der Waals surface area contributed by atoms with Crippen LogP contribution in [0.4, 0.5) is 0 Å². The number of hydrogen-bond donors (Lipinski definition) is 8. The SMILES string of the molecule is OCC1O[C@@H](OC[C@H]2O[C@@](O)(CO)C(O)[C@H]2O)C(O)[C@@H](O)[C@H]1O. The van der Waals surface area contributed by atoms with E-state index in [2.05, 4.69) is 0 Å². The first-order valence-corrected chi connectivity index (χ1v) is 7.04. The first kappa shape index (κ1) is 18.9. The van der Waals surface area contributed by atoms with Crippen LogP contribution in [-0.4, -0.2) is 115 Å². The second kappa shape index (κ2) is 7.21. The van der Waals surface area contributed by atoms with Crippen molar-refractivity contribution in [1.82, 2.24) is 0 Å². The lowest BCUT2D eigenvalue weighted by molar-refractivity contribution is -0.310. The van der Waals surface area contributed by atoms with Crippen molar-refractivity contribution in [3.8, 4) is 0 Å². The van der Waals surface area contributed by atoms with Crippen LogP contribution >= 0.6 is 0 Å². The van der Waals surface area contributed by atoms with Crippen LogP contribution in [0.5, 0.6) is 0 Å². The van der Waals surface area contributed by atoms with Crippen LogP contribution in [0.2, 0.25) is 0 Å². The third-order valence-electron chi connectivity index (χ3n) is 4.02. The van der Waals surface area contributed by atoms with Crippen molar-refractivity contribution in [3.05, 3.63) is 0 Å². The predicted octanol–water partition coefficient (Wildman–Crippen LogP) is -5.40. The van der Waals surface area contributed by atoms with Gasteiger partial charge in [0.05, 0.1) is 19.8 Å². The quantitative estimate of drug-likeness (QED) is 0.238. The van der Waals surface area contributed by atoms with Gasteiger partial charge in [0.15, 0.2) is 6.29 Å². The molecule has 2 aliphatic rings. The number of rotatable bonds is 5. The molecule has 23 heavy (non-hydrogen) atoms. The van der Waals surface area contributed by atoms with Crippen LogP contribution in [0, 0.1) is 0 Å². The summed E-state index contributed by atoms with van der Waals surface area (Å²) >= 11 is 0. The van der Waals surface area contributed by atoms with Gasteiger partial charge in [-0.15, -0.1) is 0 Å². The second-order valence-electron chi connectivity index (χ2n) is 5.63. The molecule has 0 bridgehead atoms. The minimum atomic E-state index is -2.34. The molecule has 136 valence electrons. The normalized spacial score (nSPS) is 51.1. The van der Waals surface area contributed by atoms with Gasteiger partial charge in [0.2, 0.25) is 5.79 Å². The van der Waals surface area contributed by atoms with Crippen molar-refractivity contribution in [1.29, 1.82) is 0 Å². The molecule has 9 atom stereocenters. The highest BCUT2D eigenvalue weighted by atomic mass is 16.7. The first-order valence-electron chi connectivity index (χ1n) is 7.04. The van der Waals surface area contributed by atoms with Gasteiger partial charge in [-0.25, -0.2) is 0 Å². The Labute approximate surface area is 130 Å². The molecule has 0 aromatic heterocycles. The first-order chi connectivity index (χ1) is 10.7. The fourth-order valence-corrected chi connectivity index (χ4v) is 2.53. The number of aliphatic hydroxyl groups excluding tert-OH is 7. The number of hydrogen-bond acceptors (Lipinski definition) is 11. The fourth-order valence-electron chi connectivity index (χ4n) is 2.53. The number of aliphatic hydroxyl groups is 8. The molecular weight excluding hydrogens is 320 g/mol. The van der Waals surface area contributed by atoms with Gasteiger partial charge >= 0.3 is 0 Å². The van der Waals surface area contributed by atoms with Gasteiger partial charge in [0.25, 0.3) is 0 Å². The highest BCUT2D eigenvalue weighted by Crippen LogP contribution is 2.30. The molecule has 0 radical (unpaired) electrons. The summed E-state index contributed by atoms with van der Waals surface area (Å²) < 4.78 is 15.2. The van der Waals surface area contributed by atoms with Gasteiger partial charge in [-0.1, -0.05) is 0 Å². The summed E-state index contributed by atoms with van der Waals surface area (Å²) in [4.78, 5) is 0. The summed E-state index contributed by atoms with van der Waals surface area (Å²) in [6, 6.07) is 0. The lowest BCUT2D eigenvalue weighted by Crippen LogP contribution is -2.59. The largest absolute Gasteiger partial charge is 0.394 e. The van der Waals surface area contributed by atoms with Gasteiger partial charge in [-0.3, -0.25) is 0 Å². The zero-order chi connectivity index (χ0) is 17.4. The number of ether oxygens (including phenoxy) is 3. The molecular formula is C12H22O11. The van der Waals surface area contributed by atoms with E-state index in [1.807, 2.05) is 0 Å². The Balaban J connectivity index is 1.95. The monoisotopic (exact) mass is 342 g/mol. The Hall–Kier alpha value is -0.440. The molecule has 0 aromatic carbocycles. The molecule has 11 nitrogen and oxygen atoms in total. The highest BCUT2D eigenvalue weighted by Gasteiger charge is 2.53. The van der Waals surface area contributed by atoms with E-state index in [-0.39, 0.29) is 0 Å². The van der Waals surface area contributed by atoms with Crippen LogP contribution in [0.1, 0.15) is 0 Å². The van der Waals surface area contributed by atoms with Crippen molar-refractivity contribution in [3.63, 3.8) is 0 Å². The molecule has 2 aliphatic heterocycles. The van der Waals surface area contributed by atoms with Crippen molar-refractivity contribution < 1.29 is 55.1 Å². The molecule has 2 fully saturated rings. The Morgan fingerprint density at radius 2 is 1.52 bits per heavy atom. The van der Waals surface area contributed by atoms with E-state index in [9.17, 15) is 30.6 Å². The Bertz CT molecular complexity index is 393. The van der Waals surface area contributed by atoms with E-state index >= 15 is 0 Å². The summed E-state index contributed by atoms with van der Waals surface area (Å²) in [6.07, 6.45) is -12.0. The van der Waals surface area contributed by atoms with Crippen LogP contribution in [-0.2, 0) is 14.2 Å². The topological polar surface area (TPSA) is 190 Å². The molecule has 2 rings (SSSR count). The highest BCUT2D eigenvalue weighted by molar-refractivity contribution is 4.95. The van der Waals surface area contributed by atoms with Gasteiger partial charge in [0.1, 0.15) is 42.7 Å². The Morgan fingerprint density at radius 3 is 2.04 bits per heavy atom. The standard InChI is InChI=1S/C12H22O11/c13-1-4-6(15)8(17)9(18)11(22-4)21-2-5-7(16)10(19)12(20,3-14)23-5/h4-11,13-20H,1-3H2/t4?,5-,6+,7+,8+,9?,10?,11-,12+/m1/s1. The predicted molar refractivity (Wildman–Crippen MR) is 68.6 cm³/mol. The molecule has 0 amide bonds. The van der Waals surface area contributed by atoms with E-state index in [4.69, 9.17) is 24.4 Å². The lowest BCUT2D eigenvalue weighted by atomic mass is 9.99. The van der Waals surface area contributed by atoms with Gasteiger partial charge < -0.3 is 55.1 Å². The van der Waals surface area contributed by atoms with Crippen LogP contribution in [0.25, 0.3) is 0 Å². The van der Waals surface area contributed by atoms with Gasteiger partial charge in [0, 0.05) is 0 Å². The zero-order valence-electron chi connectivity index (χ0n) is 12.0. The summed E-state index contributed by atoms with van der Waals surface area (Å²) in [5, 5.41) is 76.1. The van der Waals surface area contributed by atoms with E-state index in [0.717, 1.165) is 0 Å². The molecule has 11 heteroatoms. The summed E-state index contributed by atoms with van der Waals surface area (Å²) in [5.41, 5.74) is 0. The average molecular weight is 342 g/mol. The maximum absolute atomic E-state index is 9.78. The fraction of sp³-hybridized carbons (Fsp3) is 1.00. The maximum Gasteiger partial charge on any atom is 0.219 e. The third-order valence-corrected chi connectivity index (χ3v) is 4.02. The van der Waals surface area contributed by atoms with E-state index in [0.29, 0.717) is 0 Å². The average Bonchev–Trinajstić information content (AvgIpc) is 2.77. The summed E-state index contributed by atoms with van der Waals surface area (Å²) in [6.45, 7) is -2.05. The molecule has 0 saturated carbocycles. The summed E-state index contributed by atoms with van der Waals surface area (Å²) in [5.74, 6) is -2.34. The van der Waals surface area contributed by atoms with Crippen molar-refractivity contribution in [2.24, 2.45) is 0 Å². The maximum atomic E-state index is 9.78. The third kappa shape index (κ3) is 3.50. The van der Waals surface area contributed by atoms with Crippen LogP contribution < -0.4 is 0 Å². The van der Waals surface area contributed by atoms with E-state index in [1.165, 1.54) is 0 Å². The lowest BCUT2D eigenvalue weighted by Gasteiger charge is -2.39. The molecule has 8 N–H and O–H groups in total. The smallest absolute Gasteiger partial charge is 0.219 e. The molecule has 2 heterocycles. The van der Waals surface area contributed by atoms with Crippen LogP contribution in [0.15, 0.2) is 0 Å². The van der Waals surface area contributed by atoms with Crippen molar-refractivity contribution in [2.45, 2.75) is 54.8 Å². The molecule has 0 aromatic rings. The molecule has 3 unspecified atom stereocenters. The van der Waals surface area contributed by atoms with E-state index in [1.54, 1.807) is 0 Å². The molecule has 0 spiro atoms. The Morgan fingerprint density at radius 1 is 0.870 bits per heavy atom. The zero-order valence-corrected chi connectivity index (χ0v) is 12.0. The van der Waals surface area contributed by atoms with Gasteiger partial charge in [-0.2, -0.15) is 0 Å². The molecule has 0 aliphatic carbocycles. The minimum absolute atomic E-state index is 0.469. The van der Waals surface area contributed by atoms with E-state index < -0.39 is 74.6 Å². The molecule has 2 saturated heterocycles. The summed E-state index contributed by atoms with van der Waals surface area (Å²) in [7, 11) is 0. The van der Waals surface area contributed by atoms with Crippen molar-refractivity contribution in [2.75, 3.05) is 19.8 Å². The Kier molecular flexibility index (Phi) is 5.92. The van der Waals surface area contributed by atoms with Crippen molar-refractivity contribution >= 4 is 0 Å².